The summed E-state index contributed by atoms with van der Waals surface area (Å²) in [6.45, 7) is -1.59. The van der Waals surface area contributed by atoms with Gasteiger partial charge in [-0.3, -0.25) is 0 Å². The number of halogens is 4. The van der Waals surface area contributed by atoms with Crippen molar-refractivity contribution in [2.45, 2.75) is 24.3 Å². The van der Waals surface area contributed by atoms with Crippen molar-refractivity contribution < 1.29 is 17.9 Å². The molecule has 1 aromatic rings. The maximum atomic E-state index is 11.9. The van der Waals surface area contributed by atoms with Gasteiger partial charge in [0.1, 0.15) is 18.4 Å². The van der Waals surface area contributed by atoms with Crippen LogP contribution in [0.4, 0.5) is 13.2 Å². The second-order valence-electron chi connectivity index (χ2n) is 3.46. The first-order valence-corrected chi connectivity index (χ1v) is 6.25. The van der Waals surface area contributed by atoms with Gasteiger partial charge in [-0.2, -0.15) is 24.9 Å². The van der Waals surface area contributed by atoms with Crippen LogP contribution in [0.5, 0.6) is 0 Å². The molecule has 0 fully saturated rings. The zero-order chi connectivity index (χ0) is 12.5. The Morgan fingerprint density at radius 1 is 1.29 bits per heavy atom. The van der Waals surface area contributed by atoms with Crippen molar-refractivity contribution in [2.24, 2.45) is 0 Å². The number of fused-ring (bicyclic) bond motifs is 1. The van der Waals surface area contributed by atoms with Gasteiger partial charge in [-0.15, -0.1) is 0 Å². The van der Waals surface area contributed by atoms with Crippen LogP contribution in [0.15, 0.2) is 0 Å². The Balaban J connectivity index is 2.00. The van der Waals surface area contributed by atoms with Gasteiger partial charge in [0.25, 0.3) is 0 Å². The second-order valence-corrected chi connectivity index (χ2v) is 4.80. The molecule has 0 spiro atoms. The van der Waals surface area contributed by atoms with Crippen LogP contribution < -0.4 is 0 Å². The molecule has 1 aliphatic rings. The zero-order valence-corrected chi connectivity index (χ0v) is 10.1. The first kappa shape index (κ1) is 12.9. The minimum atomic E-state index is -4.34. The van der Waals surface area contributed by atoms with Crippen molar-refractivity contribution >= 4 is 23.4 Å². The summed E-state index contributed by atoms with van der Waals surface area (Å²) in [5.74, 6) is 1.65. The Hall–Kier alpha value is -0.530. The molecule has 0 aromatic carbocycles. The number of alkyl halides is 3. The van der Waals surface area contributed by atoms with Crippen LogP contribution >= 0.6 is 23.4 Å². The van der Waals surface area contributed by atoms with E-state index in [1.807, 2.05) is 0 Å². The third kappa shape index (κ3) is 3.46. The first-order valence-electron chi connectivity index (χ1n) is 4.72. The minimum Gasteiger partial charge on any atom is -0.364 e. The van der Waals surface area contributed by atoms with Gasteiger partial charge >= 0.3 is 6.18 Å². The highest BCUT2D eigenvalue weighted by molar-refractivity contribution is 7.98. The van der Waals surface area contributed by atoms with Crippen molar-refractivity contribution in [3.63, 3.8) is 0 Å². The molecule has 3 nitrogen and oxygen atoms in total. The number of nitrogens with zero attached hydrogens (tertiary/aromatic N) is 2. The largest absolute Gasteiger partial charge is 0.411 e. The van der Waals surface area contributed by atoms with E-state index in [0.29, 0.717) is 10.9 Å². The monoisotopic (exact) mass is 284 g/mol. The fourth-order valence-corrected chi connectivity index (χ4v) is 2.78. The zero-order valence-electron chi connectivity index (χ0n) is 8.55. The predicted molar refractivity (Wildman–Crippen MR) is 57.8 cm³/mol. The molecular formula is C9H8ClF3N2OS. The number of thioether (sulfide) groups is 1. The lowest BCUT2D eigenvalue weighted by atomic mass is 10.3. The molecule has 94 valence electrons. The van der Waals surface area contributed by atoms with E-state index in [2.05, 4.69) is 14.7 Å². The van der Waals surface area contributed by atoms with E-state index in [0.717, 1.165) is 17.0 Å². The molecule has 17 heavy (non-hydrogen) atoms. The number of aromatic nitrogens is 2. The Morgan fingerprint density at radius 2 is 2.06 bits per heavy atom. The third-order valence-corrected chi connectivity index (χ3v) is 3.35. The van der Waals surface area contributed by atoms with E-state index in [-0.39, 0.29) is 12.4 Å². The summed E-state index contributed by atoms with van der Waals surface area (Å²) in [5.41, 5.74) is 1.66. The van der Waals surface area contributed by atoms with Crippen LogP contribution in [-0.2, 0) is 22.8 Å². The fraction of sp³-hybridized carbons (Fsp3) is 0.556. The molecule has 1 aliphatic heterocycles. The summed E-state index contributed by atoms with van der Waals surface area (Å²) in [6, 6.07) is 0. The highest BCUT2D eigenvalue weighted by Crippen LogP contribution is 2.32. The van der Waals surface area contributed by atoms with Gasteiger partial charge in [0.05, 0.1) is 5.69 Å². The molecule has 0 amide bonds. The Labute approximate surface area is 105 Å². The molecule has 2 rings (SSSR count). The fourth-order valence-electron chi connectivity index (χ4n) is 1.38. The highest BCUT2D eigenvalue weighted by atomic mass is 35.5. The Kier molecular flexibility index (Phi) is 3.79. The molecule has 1 aromatic heterocycles. The van der Waals surface area contributed by atoms with Crippen molar-refractivity contribution in [2.75, 3.05) is 6.61 Å². The van der Waals surface area contributed by atoms with Crippen LogP contribution in [0.1, 0.15) is 17.1 Å². The molecule has 0 radical (unpaired) electrons. The summed E-state index contributed by atoms with van der Waals surface area (Å²) in [7, 11) is 0. The topological polar surface area (TPSA) is 35.0 Å². The third-order valence-electron chi connectivity index (χ3n) is 2.07. The van der Waals surface area contributed by atoms with Crippen LogP contribution in [0.25, 0.3) is 0 Å². The van der Waals surface area contributed by atoms with Gasteiger partial charge < -0.3 is 4.74 Å². The molecule has 0 N–H and O–H groups in total. The molecule has 8 heteroatoms. The first-order chi connectivity index (χ1) is 7.96. The van der Waals surface area contributed by atoms with E-state index >= 15 is 0 Å². The lowest BCUT2D eigenvalue weighted by Gasteiger charge is -2.08. The van der Waals surface area contributed by atoms with Gasteiger partial charge in [-0.25, -0.2) is 9.97 Å². The standard InChI is InChI=1S/C9H8ClF3N2OS/c10-8-5-2-17-3-6(5)14-7(15-8)1-16-4-9(11,12)13/h1-4H2. The van der Waals surface area contributed by atoms with Crippen LogP contribution in [-0.4, -0.2) is 22.8 Å². The minimum absolute atomic E-state index is 0.195. The number of rotatable bonds is 3. The van der Waals surface area contributed by atoms with Gasteiger partial charge in [0, 0.05) is 17.1 Å². The van der Waals surface area contributed by atoms with E-state index in [1.54, 1.807) is 11.8 Å². The molecule has 0 unspecified atom stereocenters. The second kappa shape index (κ2) is 4.99. The van der Waals surface area contributed by atoms with Crippen molar-refractivity contribution in [1.82, 2.24) is 9.97 Å². The number of hydrogen-bond acceptors (Lipinski definition) is 4. The summed E-state index contributed by atoms with van der Waals surface area (Å²) < 4.78 is 40.1. The lowest BCUT2D eigenvalue weighted by molar-refractivity contribution is -0.177. The molecule has 2 heterocycles. The van der Waals surface area contributed by atoms with Crippen LogP contribution in [0, 0.1) is 0 Å². The molecular weight excluding hydrogens is 277 g/mol. The summed E-state index contributed by atoms with van der Waals surface area (Å²) in [6.07, 6.45) is -4.34. The molecule has 0 aliphatic carbocycles. The van der Waals surface area contributed by atoms with Gasteiger partial charge in [0.2, 0.25) is 0 Å². The average Bonchev–Trinajstić information content (AvgIpc) is 2.64. The Bertz CT molecular complexity index is 427. The predicted octanol–water partition coefficient (Wildman–Crippen LogP) is 2.96. The van der Waals surface area contributed by atoms with Gasteiger partial charge in [0.15, 0.2) is 5.82 Å². The normalized spacial score (nSPS) is 15.1. The van der Waals surface area contributed by atoms with E-state index < -0.39 is 12.8 Å². The molecule has 0 saturated heterocycles. The maximum absolute atomic E-state index is 11.9. The summed E-state index contributed by atoms with van der Waals surface area (Å²) in [5, 5.41) is 0.311. The van der Waals surface area contributed by atoms with Crippen LogP contribution in [0.3, 0.4) is 0 Å². The van der Waals surface area contributed by atoms with Crippen LogP contribution in [0.2, 0.25) is 5.15 Å². The van der Waals surface area contributed by atoms with Gasteiger partial charge in [-0.05, 0) is 0 Å². The average molecular weight is 285 g/mol. The van der Waals surface area contributed by atoms with Gasteiger partial charge in [-0.1, -0.05) is 11.6 Å². The summed E-state index contributed by atoms with van der Waals surface area (Å²) >= 11 is 7.55. The quantitative estimate of drug-likeness (QED) is 0.800. The SMILES string of the molecule is FC(F)(F)COCc1nc(Cl)c2c(n1)CSC2. The smallest absolute Gasteiger partial charge is 0.364 e. The van der Waals surface area contributed by atoms with E-state index in [4.69, 9.17) is 11.6 Å². The molecule has 0 saturated carbocycles. The number of hydrogen-bond donors (Lipinski definition) is 0. The van der Waals surface area contributed by atoms with Crippen molar-refractivity contribution in [3.8, 4) is 0 Å². The lowest BCUT2D eigenvalue weighted by Crippen LogP contribution is -2.17. The molecule has 0 atom stereocenters. The Morgan fingerprint density at radius 3 is 2.76 bits per heavy atom. The maximum Gasteiger partial charge on any atom is 0.411 e. The van der Waals surface area contributed by atoms with Crippen molar-refractivity contribution in [3.05, 3.63) is 22.2 Å². The number of ether oxygens (including phenoxy) is 1. The van der Waals surface area contributed by atoms with E-state index in [9.17, 15) is 13.2 Å². The van der Waals surface area contributed by atoms with E-state index in [1.165, 1.54) is 0 Å². The van der Waals surface area contributed by atoms with Crippen molar-refractivity contribution in [1.29, 1.82) is 0 Å². The summed E-state index contributed by atoms with van der Waals surface area (Å²) in [4.78, 5) is 8.04. The highest BCUT2D eigenvalue weighted by Gasteiger charge is 2.27. The molecule has 0 bridgehead atoms.